The average Bonchev–Trinajstić information content (AvgIpc) is 2.65. The van der Waals surface area contributed by atoms with E-state index in [4.69, 9.17) is 20.9 Å². The Hall–Kier alpha value is -2.25. The number of nitrogens with two attached hydrogens (primary N) is 2. The number of benzene rings is 2. The van der Waals surface area contributed by atoms with Crippen LogP contribution in [0.25, 0.3) is 0 Å². The lowest BCUT2D eigenvalue weighted by atomic mass is 9.95. The molecule has 0 fully saturated rings. The molecule has 0 saturated carbocycles. The van der Waals surface area contributed by atoms with Crippen LogP contribution in [-0.4, -0.2) is 19.3 Å². The fourth-order valence-electron chi connectivity index (χ4n) is 2.76. The number of hydrogen-bond acceptors (Lipinski definition) is 4. The Morgan fingerprint density at radius 1 is 1.04 bits per heavy atom. The molecule has 4 N–H and O–H groups in total. The summed E-state index contributed by atoms with van der Waals surface area (Å²) in [5, 5.41) is 7.39. The highest BCUT2D eigenvalue weighted by molar-refractivity contribution is 9.10. The van der Waals surface area contributed by atoms with Crippen molar-refractivity contribution in [2.75, 3.05) is 7.11 Å². The Bertz CT molecular complexity index is 881. The van der Waals surface area contributed by atoms with Gasteiger partial charge in [0.05, 0.1) is 13.3 Å². The molecule has 0 aliphatic carbocycles. The lowest BCUT2D eigenvalue weighted by Gasteiger charge is -2.19. The molecule has 0 aliphatic rings. The van der Waals surface area contributed by atoms with Gasteiger partial charge >= 0.3 is 0 Å². The van der Waals surface area contributed by atoms with E-state index in [9.17, 15) is 0 Å². The molecule has 2 rings (SSSR count). The van der Waals surface area contributed by atoms with Crippen LogP contribution in [0.2, 0.25) is 0 Å². The van der Waals surface area contributed by atoms with Gasteiger partial charge < -0.3 is 20.9 Å². The Morgan fingerprint density at radius 3 is 2.18 bits per heavy atom. The predicted octanol–water partition coefficient (Wildman–Crippen LogP) is 4.30. The lowest BCUT2D eigenvalue weighted by molar-refractivity contribution is 0.283. The van der Waals surface area contributed by atoms with Crippen molar-refractivity contribution >= 4 is 40.5 Å². The summed E-state index contributed by atoms with van der Waals surface area (Å²) in [6, 6.07) is 5.53. The second-order valence-corrected chi connectivity index (χ2v) is 7.05. The average molecular weight is 470 g/mol. The number of methoxy groups -OCH3 is 1. The maximum Gasteiger partial charge on any atom is 0.211 e. The molecule has 152 valence electrons. The minimum atomic E-state index is -0.0935. The van der Waals surface area contributed by atoms with Crippen molar-refractivity contribution in [3.05, 3.63) is 56.1 Å². The number of ether oxygens (including phenoxy) is 2. The zero-order valence-electron chi connectivity index (χ0n) is 16.7. The quantitative estimate of drug-likeness (QED) is 0.374. The third-order valence-corrected chi connectivity index (χ3v) is 5.82. The molecular formula is C20H26BrClN4O2. The maximum atomic E-state index is 6.07. The predicted molar refractivity (Wildman–Crippen MR) is 121 cm³/mol. The molecule has 0 aromatic heterocycles. The normalized spacial score (nSPS) is 10.5. The highest BCUT2D eigenvalue weighted by Gasteiger charge is 2.14. The second-order valence-electron chi connectivity index (χ2n) is 6.26. The van der Waals surface area contributed by atoms with Gasteiger partial charge in [0, 0.05) is 4.47 Å². The molecule has 0 amide bonds. The fourth-order valence-corrected chi connectivity index (χ4v) is 3.35. The Labute approximate surface area is 180 Å². The van der Waals surface area contributed by atoms with E-state index in [1.165, 1.54) is 27.8 Å². The van der Waals surface area contributed by atoms with Crippen LogP contribution in [0.4, 0.5) is 0 Å². The molecule has 8 heteroatoms. The molecule has 2 aromatic rings. The van der Waals surface area contributed by atoms with Crippen LogP contribution in [0.1, 0.15) is 33.4 Å². The van der Waals surface area contributed by atoms with Gasteiger partial charge in [-0.3, -0.25) is 0 Å². The minimum Gasteiger partial charge on any atom is -0.493 e. The van der Waals surface area contributed by atoms with Gasteiger partial charge in [0.2, 0.25) is 5.96 Å². The third-order valence-electron chi connectivity index (χ3n) is 4.63. The molecule has 2 aromatic carbocycles. The van der Waals surface area contributed by atoms with Crippen LogP contribution in [0.15, 0.2) is 32.9 Å². The van der Waals surface area contributed by atoms with Crippen LogP contribution in [0.3, 0.4) is 0 Å². The highest BCUT2D eigenvalue weighted by Crippen LogP contribution is 2.33. The van der Waals surface area contributed by atoms with E-state index in [1.54, 1.807) is 13.3 Å². The molecule has 0 spiro atoms. The molecule has 28 heavy (non-hydrogen) atoms. The molecule has 0 heterocycles. The van der Waals surface area contributed by atoms with Gasteiger partial charge in [-0.1, -0.05) is 15.9 Å². The number of halogens is 2. The molecule has 0 atom stereocenters. The van der Waals surface area contributed by atoms with E-state index < -0.39 is 0 Å². The number of hydrogen-bond donors (Lipinski definition) is 2. The zero-order valence-corrected chi connectivity index (χ0v) is 19.1. The Kier molecular flexibility index (Phi) is 8.78. The Morgan fingerprint density at radius 2 is 1.64 bits per heavy atom. The summed E-state index contributed by atoms with van der Waals surface area (Å²) < 4.78 is 12.7. The highest BCUT2D eigenvalue weighted by atomic mass is 79.9. The van der Waals surface area contributed by atoms with Gasteiger partial charge in [-0.2, -0.15) is 5.10 Å². The van der Waals surface area contributed by atoms with Gasteiger partial charge in [0.15, 0.2) is 11.5 Å². The summed E-state index contributed by atoms with van der Waals surface area (Å²) in [6.45, 7) is 8.92. The van der Waals surface area contributed by atoms with Gasteiger partial charge in [0.1, 0.15) is 6.61 Å². The lowest BCUT2D eigenvalue weighted by Crippen LogP contribution is -2.21. The van der Waals surface area contributed by atoms with Crippen LogP contribution in [-0.2, 0) is 6.61 Å². The van der Waals surface area contributed by atoms with Crippen LogP contribution < -0.4 is 20.9 Å². The van der Waals surface area contributed by atoms with Crippen molar-refractivity contribution in [3.63, 3.8) is 0 Å². The largest absolute Gasteiger partial charge is 0.493 e. The second kappa shape index (κ2) is 10.3. The molecule has 0 unspecified atom stereocenters. The van der Waals surface area contributed by atoms with Gasteiger partial charge in [0.25, 0.3) is 0 Å². The minimum absolute atomic E-state index is 0. The maximum absolute atomic E-state index is 6.07. The van der Waals surface area contributed by atoms with Crippen molar-refractivity contribution in [2.24, 2.45) is 21.7 Å². The summed E-state index contributed by atoms with van der Waals surface area (Å²) in [5.74, 6) is 1.18. The van der Waals surface area contributed by atoms with Crippen molar-refractivity contribution in [2.45, 2.75) is 34.3 Å². The van der Waals surface area contributed by atoms with Gasteiger partial charge in [-0.25, -0.2) is 0 Å². The van der Waals surface area contributed by atoms with Crippen molar-refractivity contribution < 1.29 is 9.47 Å². The summed E-state index contributed by atoms with van der Waals surface area (Å²) in [6.07, 6.45) is 1.54. The van der Waals surface area contributed by atoms with Crippen molar-refractivity contribution in [3.8, 4) is 11.5 Å². The summed E-state index contributed by atoms with van der Waals surface area (Å²) in [4.78, 5) is 0. The molecular weight excluding hydrogens is 444 g/mol. The van der Waals surface area contributed by atoms with Gasteiger partial charge in [-0.15, -0.1) is 17.5 Å². The monoisotopic (exact) mass is 468 g/mol. The smallest absolute Gasteiger partial charge is 0.211 e. The summed E-state index contributed by atoms with van der Waals surface area (Å²) in [5.41, 5.74) is 17.4. The number of nitrogens with zero attached hydrogens (tertiary/aromatic N) is 2. The van der Waals surface area contributed by atoms with Crippen LogP contribution in [0, 0.1) is 27.7 Å². The van der Waals surface area contributed by atoms with E-state index in [-0.39, 0.29) is 18.4 Å². The van der Waals surface area contributed by atoms with Crippen molar-refractivity contribution in [1.82, 2.24) is 0 Å². The van der Waals surface area contributed by atoms with Gasteiger partial charge in [-0.05, 0) is 79.3 Å². The summed E-state index contributed by atoms with van der Waals surface area (Å²) >= 11 is 3.67. The molecule has 0 aliphatic heterocycles. The zero-order chi connectivity index (χ0) is 20.1. The topological polar surface area (TPSA) is 95.2 Å². The first-order chi connectivity index (χ1) is 12.8. The number of rotatable bonds is 6. The fraction of sp³-hybridized carbons (Fsp3) is 0.300. The third kappa shape index (κ3) is 5.39. The van der Waals surface area contributed by atoms with E-state index >= 15 is 0 Å². The first-order valence-corrected chi connectivity index (χ1v) is 9.23. The molecule has 0 bridgehead atoms. The van der Waals surface area contributed by atoms with Crippen molar-refractivity contribution in [1.29, 1.82) is 0 Å². The van der Waals surface area contributed by atoms with Crippen LogP contribution >= 0.6 is 28.3 Å². The van der Waals surface area contributed by atoms with E-state index in [0.29, 0.717) is 18.1 Å². The summed E-state index contributed by atoms with van der Waals surface area (Å²) in [7, 11) is 1.60. The molecule has 0 saturated heterocycles. The molecule has 0 radical (unpaired) electrons. The van der Waals surface area contributed by atoms with E-state index in [0.717, 1.165) is 10.0 Å². The SMILES string of the molecule is COc1cc(/C=N/N=C(N)N)ccc1OCc1c(C)c(C)c(Br)c(C)c1C.Cl. The van der Waals surface area contributed by atoms with E-state index in [1.807, 2.05) is 18.2 Å². The number of guanidine groups is 1. The van der Waals surface area contributed by atoms with Crippen LogP contribution in [0.5, 0.6) is 11.5 Å². The van der Waals surface area contributed by atoms with E-state index in [2.05, 4.69) is 53.8 Å². The standard InChI is InChI=1S/C20H25BrN4O2.ClH/c1-11-13(3)19(21)14(4)12(2)16(11)10-27-17-7-6-15(8-18(17)26-5)9-24-25-20(22)23;/h6-9H,10H2,1-5H3,(H4,22,23,25);1H/b24-9+;. The first kappa shape index (κ1) is 23.8. The molecule has 6 nitrogen and oxygen atoms in total. The first-order valence-electron chi connectivity index (χ1n) is 8.43. The Balaban J connectivity index is 0.00000392.